The van der Waals surface area contributed by atoms with Crippen LogP contribution in [-0.4, -0.2) is 24.2 Å². The molecule has 1 aliphatic rings. The SMILES string of the molecule is O=C(CCCCCCO)N1CCc2ccc(Br)cc21. The summed E-state index contributed by atoms with van der Waals surface area (Å²) >= 11 is 3.46. The smallest absolute Gasteiger partial charge is 0.226 e. The van der Waals surface area contributed by atoms with Gasteiger partial charge >= 0.3 is 0 Å². The van der Waals surface area contributed by atoms with E-state index in [0.717, 1.165) is 48.8 Å². The number of unbranched alkanes of at least 4 members (excludes halogenated alkanes) is 3. The van der Waals surface area contributed by atoms with Gasteiger partial charge in [-0.05, 0) is 37.0 Å². The molecule has 1 N–H and O–H groups in total. The van der Waals surface area contributed by atoms with Gasteiger partial charge in [0.15, 0.2) is 0 Å². The summed E-state index contributed by atoms with van der Waals surface area (Å²) in [6.45, 7) is 1.06. The number of hydrogen-bond donors (Lipinski definition) is 1. The average Bonchev–Trinajstić information content (AvgIpc) is 2.81. The molecule has 104 valence electrons. The number of anilines is 1. The molecular formula is C15H20BrNO2. The van der Waals surface area contributed by atoms with Crippen molar-refractivity contribution in [1.82, 2.24) is 0 Å². The fourth-order valence-corrected chi connectivity index (χ4v) is 2.84. The van der Waals surface area contributed by atoms with E-state index in [2.05, 4.69) is 22.0 Å². The molecule has 0 aliphatic carbocycles. The second-order valence-corrected chi connectivity index (χ2v) is 5.87. The van der Waals surface area contributed by atoms with Gasteiger partial charge in [0, 0.05) is 29.7 Å². The molecule has 4 heteroatoms. The van der Waals surface area contributed by atoms with Crippen molar-refractivity contribution in [3.05, 3.63) is 28.2 Å². The van der Waals surface area contributed by atoms with Gasteiger partial charge in [-0.1, -0.05) is 34.8 Å². The van der Waals surface area contributed by atoms with Crippen LogP contribution in [0.1, 0.15) is 37.7 Å². The quantitative estimate of drug-likeness (QED) is 0.815. The second kappa shape index (κ2) is 7.06. The van der Waals surface area contributed by atoms with Crippen molar-refractivity contribution in [2.24, 2.45) is 0 Å². The summed E-state index contributed by atoms with van der Waals surface area (Å²) in [5.41, 5.74) is 2.33. The zero-order chi connectivity index (χ0) is 13.7. The minimum absolute atomic E-state index is 0.223. The van der Waals surface area contributed by atoms with E-state index in [-0.39, 0.29) is 12.5 Å². The Kier molecular flexibility index (Phi) is 5.40. The number of aliphatic hydroxyl groups excluding tert-OH is 1. The Hall–Kier alpha value is -0.870. The molecule has 0 saturated carbocycles. The highest BCUT2D eigenvalue weighted by Gasteiger charge is 2.24. The lowest BCUT2D eigenvalue weighted by atomic mass is 10.1. The first-order chi connectivity index (χ1) is 9.22. The minimum atomic E-state index is 0.223. The summed E-state index contributed by atoms with van der Waals surface area (Å²) < 4.78 is 1.02. The van der Waals surface area contributed by atoms with Crippen LogP contribution in [0.4, 0.5) is 5.69 Å². The number of halogens is 1. The molecule has 0 aromatic heterocycles. The molecule has 19 heavy (non-hydrogen) atoms. The maximum Gasteiger partial charge on any atom is 0.226 e. The lowest BCUT2D eigenvalue weighted by Gasteiger charge is -2.17. The van der Waals surface area contributed by atoms with Crippen molar-refractivity contribution >= 4 is 27.5 Å². The third kappa shape index (κ3) is 3.80. The number of fused-ring (bicyclic) bond motifs is 1. The summed E-state index contributed by atoms with van der Waals surface area (Å²) in [6.07, 6.45) is 5.35. The largest absolute Gasteiger partial charge is 0.396 e. The third-order valence-corrected chi connectivity index (χ3v) is 4.04. The first-order valence-corrected chi connectivity index (χ1v) is 7.71. The highest BCUT2D eigenvalue weighted by Crippen LogP contribution is 2.31. The molecule has 0 bridgehead atoms. The van der Waals surface area contributed by atoms with Gasteiger partial charge in [-0.3, -0.25) is 4.79 Å². The Morgan fingerprint density at radius 3 is 2.84 bits per heavy atom. The van der Waals surface area contributed by atoms with E-state index in [4.69, 9.17) is 5.11 Å². The fourth-order valence-electron chi connectivity index (χ4n) is 2.49. The van der Waals surface area contributed by atoms with Crippen LogP contribution in [0.25, 0.3) is 0 Å². The van der Waals surface area contributed by atoms with Crippen LogP contribution in [0.5, 0.6) is 0 Å². The van der Waals surface area contributed by atoms with Crippen LogP contribution >= 0.6 is 15.9 Å². The molecule has 1 heterocycles. The van der Waals surface area contributed by atoms with Gasteiger partial charge in [0.2, 0.25) is 5.91 Å². The molecule has 3 nitrogen and oxygen atoms in total. The van der Waals surface area contributed by atoms with Gasteiger partial charge in [-0.25, -0.2) is 0 Å². The molecule has 1 amide bonds. The molecule has 1 aromatic rings. The number of nitrogens with zero attached hydrogens (tertiary/aromatic N) is 1. The van der Waals surface area contributed by atoms with Crippen LogP contribution in [0.3, 0.4) is 0 Å². The van der Waals surface area contributed by atoms with E-state index in [9.17, 15) is 4.79 Å². The summed E-state index contributed by atoms with van der Waals surface area (Å²) in [6, 6.07) is 6.15. The lowest BCUT2D eigenvalue weighted by Crippen LogP contribution is -2.28. The monoisotopic (exact) mass is 325 g/mol. The minimum Gasteiger partial charge on any atom is -0.396 e. The zero-order valence-corrected chi connectivity index (χ0v) is 12.7. The molecular weight excluding hydrogens is 306 g/mol. The Bertz CT molecular complexity index is 448. The van der Waals surface area contributed by atoms with Gasteiger partial charge < -0.3 is 10.0 Å². The number of rotatable bonds is 6. The Balaban J connectivity index is 1.87. The Morgan fingerprint density at radius 1 is 1.26 bits per heavy atom. The van der Waals surface area contributed by atoms with Crippen LogP contribution in [-0.2, 0) is 11.2 Å². The van der Waals surface area contributed by atoms with E-state index in [0.29, 0.717) is 6.42 Å². The van der Waals surface area contributed by atoms with E-state index in [1.54, 1.807) is 0 Å². The molecule has 0 spiro atoms. The molecule has 1 aliphatic heterocycles. The van der Waals surface area contributed by atoms with Crippen LogP contribution < -0.4 is 4.90 Å². The van der Waals surface area contributed by atoms with Gasteiger partial charge in [-0.2, -0.15) is 0 Å². The highest BCUT2D eigenvalue weighted by atomic mass is 79.9. The second-order valence-electron chi connectivity index (χ2n) is 4.96. The summed E-state index contributed by atoms with van der Waals surface area (Å²) in [5.74, 6) is 0.223. The zero-order valence-electron chi connectivity index (χ0n) is 11.1. The fraction of sp³-hybridized carbons (Fsp3) is 0.533. The number of carbonyl (C=O) groups excluding carboxylic acids is 1. The molecule has 0 fully saturated rings. The predicted molar refractivity (Wildman–Crippen MR) is 80.4 cm³/mol. The van der Waals surface area contributed by atoms with Crippen molar-refractivity contribution in [3.63, 3.8) is 0 Å². The van der Waals surface area contributed by atoms with Crippen molar-refractivity contribution in [2.75, 3.05) is 18.1 Å². The molecule has 0 radical (unpaired) electrons. The van der Waals surface area contributed by atoms with Crippen LogP contribution in [0, 0.1) is 0 Å². The summed E-state index contributed by atoms with van der Waals surface area (Å²) in [4.78, 5) is 14.1. The molecule has 0 unspecified atom stereocenters. The van der Waals surface area contributed by atoms with Crippen molar-refractivity contribution < 1.29 is 9.90 Å². The molecule has 0 saturated heterocycles. The van der Waals surface area contributed by atoms with Gasteiger partial charge in [0.1, 0.15) is 0 Å². The topological polar surface area (TPSA) is 40.5 Å². The van der Waals surface area contributed by atoms with Gasteiger partial charge in [0.25, 0.3) is 0 Å². The maximum atomic E-state index is 12.2. The van der Waals surface area contributed by atoms with Gasteiger partial charge in [0.05, 0.1) is 0 Å². The first kappa shape index (κ1) is 14.5. The van der Waals surface area contributed by atoms with Crippen molar-refractivity contribution in [2.45, 2.75) is 38.5 Å². The third-order valence-electron chi connectivity index (χ3n) is 3.54. The molecule has 0 atom stereocenters. The number of carbonyl (C=O) groups is 1. The van der Waals surface area contributed by atoms with E-state index < -0.39 is 0 Å². The number of amides is 1. The Morgan fingerprint density at radius 2 is 2.05 bits per heavy atom. The lowest BCUT2D eigenvalue weighted by molar-refractivity contribution is -0.118. The average molecular weight is 326 g/mol. The molecule has 2 rings (SSSR count). The van der Waals surface area contributed by atoms with E-state index in [1.165, 1.54) is 5.56 Å². The number of benzene rings is 1. The number of aliphatic hydroxyl groups is 1. The van der Waals surface area contributed by atoms with Crippen molar-refractivity contribution in [1.29, 1.82) is 0 Å². The molecule has 1 aromatic carbocycles. The number of hydrogen-bond acceptors (Lipinski definition) is 2. The van der Waals surface area contributed by atoms with Crippen molar-refractivity contribution in [3.8, 4) is 0 Å². The Labute approximate surface area is 122 Å². The van der Waals surface area contributed by atoms with Crippen LogP contribution in [0.15, 0.2) is 22.7 Å². The summed E-state index contributed by atoms with van der Waals surface area (Å²) in [7, 11) is 0. The predicted octanol–water partition coefficient (Wildman–Crippen LogP) is 3.28. The standard InChI is InChI=1S/C15H20BrNO2/c16-13-7-6-12-8-9-17(14(12)11-13)15(19)5-3-1-2-4-10-18/h6-7,11,18H,1-5,8-10H2. The van der Waals surface area contributed by atoms with Gasteiger partial charge in [-0.15, -0.1) is 0 Å². The van der Waals surface area contributed by atoms with Crippen LogP contribution in [0.2, 0.25) is 0 Å². The summed E-state index contributed by atoms with van der Waals surface area (Å²) in [5, 5.41) is 8.70. The normalized spacial score (nSPS) is 13.7. The first-order valence-electron chi connectivity index (χ1n) is 6.92. The van der Waals surface area contributed by atoms with E-state index in [1.807, 2.05) is 17.0 Å². The maximum absolute atomic E-state index is 12.2. The highest BCUT2D eigenvalue weighted by molar-refractivity contribution is 9.10. The van der Waals surface area contributed by atoms with E-state index >= 15 is 0 Å².